The second-order valence-electron chi connectivity index (χ2n) is 7.39. The first-order valence-electron chi connectivity index (χ1n) is 9.78. The number of unbranched alkanes of at least 4 members (excludes halogenated alkanes) is 1. The number of aliphatic hydroxyl groups excluding tert-OH is 2. The number of rotatable bonds is 7. The first kappa shape index (κ1) is 19.9. The highest BCUT2D eigenvalue weighted by molar-refractivity contribution is 5.98. The van der Waals surface area contributed by atoms with Crippen LogP contribution in [0, 0.1) is 12.8 Å². The van der Waals surface area contributed by atoms with Crippen LogP contribution in [0.5, 0.6) is 11.5 Å². The summed E-state index contributed by atoms with van der Waals surface area (Å²) in [5.74, 6) is 0.963. The molecule has 2 aliphatic rings. The molecule has 0 unspecified atom stereocenters. The fourth-order valence-corrected chi connectivity index (χ4v) is 3.71. The lowest BCUT2D eigenvalue weighted by Gasteiger charge is -2.36. The van der Waals surface area contributed by atoms with Gasteiger partial charge in [-0.2, -0.15) is 0 Å². The Morgan fingerprint density at radius 2 is 2.11 bits per heavy atom. The fraction of sp³-hybridized carbons (Fsp3) is 0.650. The molecule has 1 aromatic carbocycles. The highest BCUT2D eigenvalue weighted by Crippen LogP contribution is 2.35. The number of hydrogen-bond donors (Lipinski definition) is 3. The van der Waals surface area contributed by atoms with Gasteiger partial charge in [-0.25, -0.2) is 0 Å². The smallest absolute Gasteiger partial charge is 0.255 e. The van der Waals surface area contributed by atoms with Crippen LogP contribution in [0.1, 0.15) is 35.2 Å². The Morgan fingerprint density at radius 3 is 2.89 bits per heavy atom. The number of benzene rings is 1. The fourth-order valence-electron chi connectivity index (χ4n) is 3.71. The summed E-state index contributed by atoms with van der Waals surface area (Å²) in [5.41, 5.74) is 1.43. The van der Waals surface area contributed by atoms with E-state index in [4.69, 9.17) is 14.6 Å². The van der Waals surface area contributed by atoms with Crippen LogP contribution in [0.2, 0.25) is 0 Å². The van der Waals surface area contributed by atoms with Crippen LogP contribution >= 0.6 is 0 Å². The van der Waals surface area contributed by atoms with E-state index < -0.39 is 6.10 Å². The molecule has 0 aliphatic carbocycles. The maximum atomic E-state index is 12.7. The summed E-state index contributed by atoms with van der Waals surface area (Å²) < 4.78 is 11.2. The van der Waals surface area contributed by atoms with E-state index in [1.165, 1.54) is 0 Å². The third kappa shape index (κ3) is 5.12. The van der Waals surface area contributed by atoms with Crippen molar-refractivity contribution in [2.45, 2.75) is 32.3 Å². The van der Waals surface area contributed by atoms with Crippen molar-refractivity contribution in [1.82, 2.24) is 10.2 Å². The zero-order valence-electron chi connectivity index (χ0n) is 15.9. The number of nitrogens with zero attached hydrogens (tertiary/aromatic N) is 1. The van der Waals surface area contributed by atoms with Crippen molar-refractivity contribution in [3.8, 4) is 11.5 Å². The van der Waals surface area contributed by atoms with Crippen molar-refractivity contribution in [1.29, 1.82) is 0 Å². The maximum Gasteiger partial charge on any atom is 0.255 e. The first-order valence-corrected chi connectivity index (χ1v) is 9.78. The molecular formula is C20H30N2O5. The molecule has 2 aliphatic heterocycles. The Hall–Kier alpha value is -1.83. The minimum atomic E-state index is -0.459. The number of carbonyl (C=O) groups excluding carboxylic acids is 1. The van der Waals surface area contributed by atoms with E-state index in [1.54, 1.807) is 0 Å². The predicted molar refractivity (Wildman–Crippen MR) is 101 cm³/mol. The molecule has 27 heavy (non-hydrogen) atoms. The molecule has 0 spiro atoms. The molecule has 150 valence electrons. The van der Waals surface area contributed by atoms with E-state index in [9.17, 15) is 9.90 Å². The zero-order valence-corrected chi connectivity index (χ0v) is 15.9. The normalized spacial score (nSPS) is 22.5. The van der Waals surface area contributed by atoms with Gasteiger partial charge in [0.15, 0.2) is 11.5 Å². The van der Waals surface area contributed by atoms with E-state index in [1.807, 2.05) is 19.1 Å². The monoisotopic (exact) mass is 378 g/mol. The second kappa shape index (κ2) is 9.39. The van der Waals surface area contributed by atoms with Gasteiger partial charge in [-0.3, -0.25) is 4.79 Å². The van der Waals surface area contributed by atoms with Crippen molar-refractivity contribution in [2.75, 3.05) is 46.0 Å². The Balaban J connectivity index is 1.53. The van der Waals surface area contributed by atoms with Gasteiger partial charge in [0, 0.05) is 25.6 Å². The molecule has 1 fully saturated rings. The van der Waals surface area contributed by atoms with Gasteiger partial charge in [0.2, 0.25) is 0 Å². The molecule has 0 saturated carbocycles. The van der Waals surface area contributed by atoms with Crippen LogP contribution in [-0.4, -0.2) is 73.1 Å². The number of likely N-dealkylation sites (tertiary alicyclic amines) is 1. The Morgan fingerprint density at radius 1 is 1.30 bits per heavy atom. The molecule has 3 rings (SSSR count). The maximum absolute atomic E-state index is 12.7. The Labute approximate surface area is 160 Å². The quantitative estimate of drug-likeness (QED) is 0.612. The van der Waals surface area contributed by atoms with Crippen LogP contribution in [0.3, 0.4) is 0 Å². The standard InChI is InChI=1S/C20H30N2O5/c1-14-10-16(19-18(11-14)26-8-9-27-19)20(25)21-12-15-4-6-22(13-17(15)24)5-2-3-7-23/h10-11,15,17,23-24H,2-9,12-13H2,1H3,(H,21,25)/t15-,17+/m0/s1. The number of β-amino-alcohol motifs (C(OH)–C–C–N with tert-alkyl or cyclic N) is 1. The molecule has 0 bridgehead atoms. The minimum Gasteiger partial charge on any atom is -0.486 e. The van der Waals surface area contributed by atoms with E-state index in [0.717, 1.165) is 37.9 Å². The third-order valence-corrected chi connectivity index (χ3v) is 5.24. The molecule has 2 heterocycles. The van der Waals surface area contributed by atoms with Crippen LogP contribution in [0.15, 0.2) is 12.1 Å². The summed E-state index contributed by atoms with van der Waals surface area (Å²) in [6, 6.07) is 3.69. The second-order valence-corrected chi connectivity index (χ2v) is 7.39. The van der Waals surface area contributed by atoms with Gasteiger partial charge < -0.3 is 29.9 Å². The average molecular weight is 378 g/mol. The third-order valence-electron chi connectivity index (χ3n) is 5.24. The summed E-state index contributed by atoms with van der Waals surface area (Å²) in [5, 5.41) is 22.3. The first-order chi connectivity index (χ1) is 13.1. The molecule has 7 nitrogen and oxygen atoms in total. The molecule has 0 aromatic heterocycles. The molecule has 2 atom stereocenters. The van der Waals surface area contributed by atoms with Crippen molar-refractivity contribution in [3.05, 3.63) is 23.3 Å². The van der Waals surface area contributed by atoms with Gasteiger partial charge in [0.25, 0.3) is 5.91 Å². The van der Waals surface area contributed by atoms with Gasteiger partial charge >= 0.3 is 0 Å². The van der Waals surface area contributed by atoms with Crippen molar-refractivity contribution in [3.63, 3.8) is 0 Å². The highest BCUT2D eigenvalue weighted by atomic mass is 16.6. The number of fused-ring (bicyclic) bond motifs is 1. The zero-order chi connectivity index (χ0) is 19.2. The molecule has 1 saturated heterocycles. The lowest BCUT2D eigenvalue weighted by atomic mass is 9.93. The van der Waals surface area contributed by atoms with Crippen molar-refractivity contribution >= 4 is 5.91 Å². The van der Waals surface area contributed by atoms with E-state index in [0.29, 0.717) is 43.4 Å². The number of ether oxygens (including phenoxy) is 2. The van der Waals surface area contributed by atoms with E-state index in [-0.39, 0.29) is 18.4 Å². The van der Waals surface area contributed by atoms with Gasteiger partial charge in [-0.15, -0.1) is 0 Å². The van der Waals surface area contributed by atoms with Crippen LogP contribution in [-0.2, 0) is 0 Å². The summed E-state index contributed by atoms with van der Waals surface area (Å²) in [6.45, 7) is 5.90. The Kier molecular flexibility index (Phi) is 6.93. The summed E-state index contributed by atoms with van der Waals surface area (Å²) in [4.78, 5) is 14.9. The number of aliphatic hydroxyl groups is 2. The number of hydrogen-bond acceptors (Lipinski definition) is 6. The number of carbonyl (C=O) groups is 1. The lowest BCUT2D eigenvalue weighted by molar-refractivity contribution is 0.0212. The molecule has 7 heteroatoms. The SMILES string of the molecule is Cc1cc2c(c(C(=O)NC[C@@H]3CCN(CCCCO)C[C@H]3O)c1)OCCO2. The summed E-state index contributed by atoms with van der Waals surface area (Å²) >= 11 is 0. The minimum absolute atomic E-state index is 0.0424. The average Bonchev–Trinajstić information content (AvgIpc) is 2.66. The van der Waals surface area contributed by atoms with Crippen LogP contribution in [0.25, 0.3) is 0 Å². The van der Waals surface area contributed by atoms with Crippen molar-refractivity contribution < 1.29 is 24.5 Å². The predicted octanol–water partition coefficient (Wildman–Crippen LogP) is 0.951. The highest BCUT2D eigenvalue weighted by Gasteiger charge is 2.28. The van der Waals surface area contributed by atoms with Crippen molar-refractivity contribution in [2.24, 2.45) is 5.92 Å². The topological polar surface area (TPSA) is 91.3 Å². The molecule has 0 radical (unpaired) electrons. The molecular weight excluding hydrogens is 348 g/mol. The molecule has 1 aromatic rings. The number of piperidine rings is 1. The van der Waals surface area contributed by atoms with Crippen LogP contribution < -0.4 is 14.8 Å². The molecule has 1 amide bonds. The van der Waals surface area contributed by atoms with E-state index in [2.05, 4.69) is 10.2 Å². The van der Waals surface area contributed by atoms with Gasteiger partial charge in [0.1, 0.15) is 13.2 Å². The summed E-state index contributed by atoms with van der Waals surface area (Å²) in [7, 11) is 0. The number of amides is 1. The van der Waals surface area contributed by atoms with Crippen LogP contribution in [0.4, 0.5) is 0 Å². The largest absolute Gasteiger partial charge is 0.486 e. The van der Waals surface area contributed by atoms with Gasteiger partial charge in [0.05, 0.1) is 11.7 Å². The number of nitrogens with one attached hydrogen (secondary N) is 1. The van der Waals surface area contributed by atoms with Gasteiger partial charge in [-0.05, 0) is 57.0 Å². The number of aryl methyl sites for hydroxylation is 1. The molecule has 3 N–H and O–H groups in total. The lowest BCUT2D eigenvalue weighted by Crippen LogP contribution is -2.47. The Bertz CT molecular complexity index is 652. The van der Waals surface area contributed by atoms with Gasteiger partial charge in [-0.1, -0.05) is 0 Å². The van der Waals surface area contributed by atoms with E-state index >= 15 is 0 Å². The summed E-state index contributed by atoms with van der Waals surface area (Å²) in [6.07, 6.45) is 2.11.